The Labute approximate surface area is 83.7 Å². The molecule has 0 radical (unpaired) electrons. The van der Waals surface area contributed by atoms with E-state index in [-0.39, 0.29) is 5.95 Å². The Hall–Kier alpha value is -1.90. The molecular formula is C11H13N3. The molecule has 0 aliphatic heterocycles. The summed E-state index contributed by atoms with van der Waals surface area (Å²) in [6.07, 6.45) is 9.10. The molecule has 1 heterocycles. The molecule has 1 rings (SSSR count). The number of hydrogen-bond acceptors (Lipinski definition) is 3. The summed E-state index contributed by atoms with van der Waals surface area (Å²) in [5.41, 5.74) is 7.30. The predicted octanol–water partition coefficient (Wildman–Crippen LogP) is 2.20. The first-order chi connectivity index (χ1) is 6.77. The van der Waals surface area contributed by atoms with Gasteiger partial charge in [-0.1, -0.05) is 30.9 Å². The summed E-state index contributed by atoms with van der Waals surface area (Å²) >= 11 is 0. The van der Waals surface area contributed by atoms with Crippen molar-refractivity contribution >= 4 is 11.5 Å². The Balaban J connectivity index is 3.02. The molecule has 0 aromatic carbocycles. The zero-order valence-electron chi connectivity index (χ0n) is 8.14. The van der Waals surface area contributed by atoms with Crippen LogP contribution >= 0.6 is 0 Å². The maximum atomic E-state index is 5.49. The minimum absolute atomic E-state index is 0.286. The van der Waals surface area contributed by atoms with Gasteiger partial charge in [-0.25, -0.2) is 9.97 Å². The topological polar surface area (TPSA) is 51.8 Å². The van der Waals surface area contributed by atoms with Gasteiger partial charge in [0, 0.05) is 6.20 Å². The van der Waals surface area contributed by atoms with Crippen molar-refractivity contribution in [2.24, 2.45) is 0 Å². The average Bonchev–Trinajstić information content (AvgIpc) is 2.19. The molecule has 0 aliphatic carbocycles. The number of nitrogens with zero attached hydrogens (tertiary/aromatic N) is 2. The number of hydrogen-bond donors (Lipinski definition) is 1. The Morgan fingerprint density at radius 1 is 1.57 bits per heavy atom. The largest absolute Gasteiger partial charge is 0.368 e. The minimum atomic E-state index is 0.286. The third kappa shape index (κ3) is 2.55. The summed E-state index contributed by atoms with van der Waals surface area (Å²) in [5.74, 6) is 0.286. The molecule has 0 atom stereocenters. The molecule has 72 valence electrons. The molecule has 1 aromatic heterocycles. The lowest BCUT2D eigenvalue weighted by Gasteiger charge is -2.00. The Morgan fingerprint density at radius 3 is 2.93 bits per heavy atom. The molecule has 0 bridgehead atoms. The quantitative estimate of drug-likeness (QED) is 0.738. The van der Waals surface area contributed by atoms with Crippen molar-refractivity contribution in [1.29, 1.82) is 0 Å². The smallest absolute Gasteiger partial charge is 0.220 e. The molecule has 0 aliphatic rings. The monoisotopic (exact) mass is 187 g/mol. The van der Waals surface area contributed by atoms with Gasteiger partial charge in [-0.3, -0.25) is 0 Å². The first-order valence-electron chi connectivity index (χ1n) is 4.32. The molecule has 0 amide bonds. The molecule has 0 spiro atoms. The SMILES string of the molecule is C=CC=CC(=CC)c1ccnc(N)n1. The lowest BCUT2D eigenvalue weighted by atomic mass is 10.1. The van der Waals surface area contributed by atoms with E-state index >= 15 is 0 Å². The van der Waals surface area contributed by atoms with Crippen LogP contribution in [0.3, 0.4) is 0 Å². The van der Waals surface area contributed by atoms with Crippen molar-refractivity contribution in [3.8, 4) is 0 Å². The second kappa shape index (κ2) is 4.97. The van der Waals surface area contributed by atoms with Gasteiger partial charge in [-0.2, -0.15) is 0 Å². The summed E-state index contributed by atoms with van der Waals surface area (Å²) in [4.78, 5) is 7.94. The van der Waals surface area contributed by atoms with Crippen LogP contribution in [0.25, 0.3) is 5.57 Å². The van der Waals surface area contributed by atoms with Crippen LogP contribution in [-0.2, 0) is 0 Å². The lowest BCUT2D eigenvalue weighted by molar-refractivity contribution is 1.16. The fourth-order valence-electron chi connectivity index (χ4n) is 1.04. The highest BCUT2D eigenvalue weighted by molar-refractivity contribution is 5.71. The van der Waals surface area contributed by atoms with Crippen molar-refractivity contribution in [2.45, 2.75) is 6.92 Å². The standard InChI is InChI=1S/C11H13N3/c1-3-5-6-9(4-2)10-7-8-13-11(12)14-10/h3-8H,1H2,2H3,(H2,12,13,14). The number of rotatable bonds is 3. The van der Waals surface area contributed by atoms with Gasteiger partial charge in [0.05, 0.1) is 5.69 Å². The van der Waals surface area contributed by atoms with Gasteiger partial charge in [-0.05, 0) is 18.6 Å². The van der Waals surface area contributed by atoms with Gasteiger partial charge in [0.25, 0.3) is 0 Å². The van der Waals surface area contributed by atoms with E-state index in [9.17, 15) is 0 Å². The average molecular weight is 187 g/mol. The molecular weight excluding hydrogens is 174 g/mol. The molecule has 1 aromatic rings. The molecule has 14 heavy (non-hydrogen) atoms. The number of allylic oxidation sites excluding steroid dienone is 5. The molecule has 0 unspecified atom stereocenters. The molecule has 0 saturated carbocycles. The highest BCUT2D eigenvalue weighted by Crippen LogP contribution is 2.13. The van der Waals surface area contributed by atoms with E-state index in [2.05, 4.69) is 16.5 Å². The van der Waals surface area contributed by atoms with E-state index in [1.165, 1.54) is 0 Å². The second-order valence-electron chi connectivity index (χ2n) is 2.64. The van der Waals surface area contributed by atoms with Crippen molar-refractivity contribution in [1.82, 2.24) is 9.97 Å². The molecule has 0 fully saturated rings. The van der Waals surface area contributed by atoms with Crippen LogP contribution < -0.4 is 5.73 Å². The summed E-state index contributed by atoms with van der Waals surface area (Å²) in [7, 11) is 0. The summed E-state index contributed by atoms with van der Waals surface area (Å²) < 4.78 is 0. The summed E-state index contributed by atoms with van der Waals surface area (Å²) in [6.45, 7) is 5.55. The van der Waals surface area contributed by atoms with Gasteiger partial charge < -0.3 is 5.73 Å². The lowest BCUT2D eigenvalue weighted by Crippen LogP contribution is -1.96. The van der Waals surface area contributed by atoms with Crippen molar-refractivity contribution in [2.75, 3.05) is 5.73 Å². The summed E-state index contributed by atoms with van der Waals surface area (Å²) in [6, 6.07) is 1.82. The fourth-order valence-corrected chi connectivity index (χ4v) is 1.04. The van der Waals surface area contributed by atoms with E-state index in [1.807, 2.05) is 31.2 Å². The van der Waals surface area contributed by atoms with Crippen molar-refractivity contribution < 1.29 is 0 Å². The molecule has 2 N–H and O–H groups in total. The predicted molar refractivity (Wildman–Crippen MR) is 59.4 cm³/mol. The van der Waals surface area contributed by atoms with Crippen LogP contribution in [0.5, 0.6) is 0 Å². The van der Waals surface area contributed by atoms with Gasteiger partial charge in [0.15, 0.2) is 0 Å². The molecule has 3 heteroatoms. The van der Waals surface area contributed by atoms with Crippen LogP contribution in [-0.4, -0.2) is 9.97 Å². The van der Waals surface area contributed by atoms with Gasteiger partial charge in [0.1, 0.15) is 0 Å². The van der Waals surface area contributed by atoms with E-state index in [1.54, 1.807) is 12.3 Å². The van der Waals surface area contributed by atoms with Crippen LogP contribution in [0, 0.1) is 0 Å². The maximum Gasteiger partial charge on any atom is 0.220 e. The number of nitrogen functional groups attached to an aromatic ring is 1. The number of nitrogens with two attached hydrogens (primary N) is 1. The minimum Gasteiger partial charge on any atom is -0.368 e. The number of aromatic nitrogens is 2. The first kappa shape index (κ1) is 10.2. The van der Waals surface area contributed by atoms with Crippen molar-refractivity contribution in [3.05, 3.63) is 48.8 Å². The van der Waals surface area contributed by atoms with Gasteiger partial charge in [0.2, 0.25) is 5.95 Å². The first-order valence-corrected chi connectivity index (χ1v) is 4.32. The van der Waals surface area contributed by atoms with Crippen LogP contribution in [0.1, 0.15) is 12.6 Å². The Morgan fingerprint density at radius 2 is 2.36 bits per heavy atom. The highest BCUT2D eigenvalue weighted by atomic mass is 15.0. The third-order valence-corrected chi connectivity index (χ3v) is 1.69. The van der Waals surface area contributed by atoms with Crippen LogP contribution in [0.2, 0.25) is 0 Å². The molecule has 3 nitrogen and oxygen atoms in total. The van der Waals surface area contributed by atoms with E-state index in [0.717, 1.165) is 11.3 Å². The van der Waals surface area contributed by atoms with Crippen LogP contribution in [0.4, 0.5) is 5.95 Å². The van der Waals surface area contributed by atoms with Gasteiger partial charge >= 0.3 is 0 Å². The van der Waals surface area contributed by atoms with E-state index < -0.39 is 0 Å². The van der Waals surface area contributed by atoms with Crippen LogP contribution in [0.15, 0.2) is 43.1 Å². The Kier molecular flexibility index (Phi) is 3.61. The highest BCUT2D eigenvalue weighted by Gasteiger charge is 1.98. The summed E-state index contributed by atoms with van der Waals surface area (Å²) in [5, 5.41) is 0. The zero-order chi connectivity index (χ0) is 10.4. The Bertz CT molecular complexity index is 378. The number of anilines is 1. The normalized spacial score (nSPS) is 11.9. The van der Waals surface area contributed by atoms with E-state index in [4.69, 9.17) is 5.73 Å². The maximum absolute atomic E-state index is 5.49. The van der Waals surface area contributed by atoms with Gasteiger partial charge in [-0.15, -0.1) is 0 Å². The molecule has 0 saturated heterocycles. The zero-order valence-corrected chi connectivity index (χ0v) is 8.14. The third-order valence-electron chi connectivity index (χ3n) is 1.69. The fraction of sp³-hybridized carbons (Fsp3) is 0.0909. The van der Waals surface area contributed by atoms with Crippen molar-refractivity contribution in [3.63, 3.8) is 0 Å². The second-order valence-corrected chi connectivity index (χ2v) is 2.64. The van der Waals surface area contributed by atoms with E-state index in [0.29, 0.717) is 0 Å².